The van der Waals surface area contributed by atoms with Crippen LogP contribution in [0.25, 0.3) is 0 Å². The number of ether oxygens (including phenoxy) is 1. The highest BCUT2D eigenvalue weighted by Gasteiger charge is 2.38. The van der Waals surface area contributed by atoms with E-state index in [2.05, 4.69) is 20.9 Å². The largest absolute Gasteiger partial charge is 0.494 e. The van der Waals surface area contributed by atoms with E-state index < -0.39 is 54.8 Å². The van der Waals surface area contributed by atoms with Gasteiger partial charge in [-0.3, -0.25) is 19.2 Å². The molecule has 0 unspecified atom stereocenters. The van der Waals surface area contributed by atoms with Gasteiger partial charge in [0.25, 0.3) is 5.91 Å². The highest BCUT2D eigenvalue weighted by atomic mass is 19.4. The highest BCUT2D eigenvalue weighted by molar-refractivity contribution is 6.00. The molecule has 0 aliphatic carbocycles. The van der Waals surface area contributed by atoms with E-state index in [1.54, 1.807) is 36.4 Å². The van der Waals surface area contributed by atoms with Crippen LogP contribution in [0, 0.1) is 0 Å². The lowest BCUT2D eigenvalue weighted by Crippen LogP contribution is -2.48. The van der Waals surface area contributed by atoms with Crippen molar-refractivity contribution in [1.29, 1.82) is 0 Å². The van der Waals surface area contributed by atoms with Crippen molar-refractivity contribution in [3.8, 4) is 5.75 Å². The minimum atomic E-state index is -5.08. The molecule has 0 spiro atoms. The van der Waals surface area contributed by atoms with E-state index in [0.29, 0.717) is 36.7 Å². The lowest BCUT2D eigenvalue weighted by atomic mass is 10.1. The molecule has 0 heterocycles. The maximum atomic E-state index is 12.6. The smallest absolute Gasteiger partial charge is 0.490 e. The number of hydrogen-bond acceptors (Lipinski definition) is 8. The number of benzene rings is 2. The molecule has 0 saturated heterocycles. The Morgan fingerprint density at radius 2 is 1.63 bits per heavy atom. The van der Waals surface area contributed by atoms with E-state index >= 15 is 0 Å². The fraction of sp³-hybridized carbons (Fsp3) is 0.280. The lowest BCUT2D eigenvalue weighted by Gasteiger charge is -2.17. The summed E-state index contributed by atoms with van der Waals surface area (Å²) in [6.07, 6.45) is -5.05. The van der Waals surface area contributed by atoms with E-state index in [9.17, 15) is 32.3 Å². The molecule has 11 N–H and O–H groups in total. The zero-order chi connectivity index (χ0) is 32.6. The fourth-order valence-corrected chi connectivity index (χ4v) is 2.89. The molecule has 2 rings (SSSR count). The molecule has 18 heteroatoms. The van der Waals surface area contributed by atoms with Gasteiger partial charge in [-0.25, -0.2) is 9.79 Å². The third-order valence-corrected chi connectivity index (χ3v) is 4.79. The molecule has 1 atom stereocenters. The minimum Gasteiger partial charge on any atom is -0.494 e. The number of carbonyl (C=O) groups excluding carboxylic acids is 3. The van der Waals surface area contributed by atoms with Crippen LogP contribution in [0.3, 0.4) is 0 Å². The number of carboxylic acids is 2. The maximum absolute atomic E-state index is 12.6. The number of aliphatic imine (C=N–C) groups is 1. The third-order valence-electron chi connectivity index (χ3n) is 4.79. The van der Waals surface area contributed by atoms with Gasteiger partial charge in [0.1, 0.15) is 11.8 Å². The fourth-order valence-electron chi connectivity index (χ4n) is 2.89. The molecule has 0 bridgehead atoms. The molecule has 2 aromatic rings. The van der Waals surface area contributed by atoms with Crippen LogP contribution < -0.4 is 37.9 Å². The van der Waals surface area contributed by atoms with Gasteiger partial charge >= 0.3 is 18.1 Å². The minimum absolute atomic E-state index is 0.179. The number of amides is 3. The molecule has 15 nitrogen and oxygen atoms in total. The van der Waals surface area contributed by atoms with E-state index in [1.807, 2.05) is 0 Å². The summed E-state index contributed by atoms with van der Waals surface area (Å²) < 4.78 is 37.2. The second kappa shape index (κ2) is 17.4. The summed E-state index contributed by atoms with van der Waals surface area (Å²) in [5.41, 5.74) is 17.0. The van der Waals surface area contributed by atoms with Crippen LogP contribution in [0.1, 0.15) is 23.2 Å². The summed E-state index contributed by atoms with van der Waals surface area (Å²) in [7, 11) is 0. The Hall–Kier alpha value is -5.39. The SMILES string of the molecule is NCCCOc1ccc(NC(=O)[C@H](CC(=O)O)NC(=O)CNC(=O)c2cccc(N=C(N)N)c2)cc1.O=C(O)C(F)(F)F. The number of nitrogens with zero attached hydrogens (tertiary/aromatic N) is 1. The molecule has 0 aliphatic rings. The first-order chi connectivity index (χ1) is 20.1. The van der Waals surface area contributed by atoms with Gasteiger partial charge in [-0.15, -0.1) is 0 Å². The maximum Gasteiger partial charge on any atom is 0.490 e. The van der Waals surface area contributed by atoms with Crippen molar-refractivity contribution in [2.24, 2.45) is 22.2 Å². The van der Waals surface area contributed by atoms with Gasteiger partial charge in [0.2, 0.25) is 11.8 Å². The third kappa shape index (κ3) is 14.7. The topological polar surface area (TPSA) is 262 Å². The first-order valence-electron chi connectivity index (χ1n) is 12.1. The van der Waals surface area contributed by atoms with E-state index in [1.165, 1.54) is 12.1 Å². The van der Waals surface area contributed by atoms with Crippen molar-refractivity contribution in [3.63, 3.8) is 0 Å². The van der Waals surface area contributed by atoms with Crippen LogP contribution in [0.5, 0.6) is 5.75 Å². The molecular weight excluding hydrogens is 583 g/mol. The Morgan fingerprint density at radius 3 is 2.16 bits per heavy atom. The quantitative estimate of drug-likeness (QED) is 0.0864. The van der Waals surface area contributed by atoms with Gasteiger partial charge in [-0.1, -0.05) is 6.07 Å². The summed E-state index contributed by atoms with van der Waals surface area (Å²) >= 11 is 0. The second-order valence-corrected chi connectivity index (χ2v) is 8.29. The lowest BCUT2D eigenvalue weighted by molar-refractivity contribution is -0.192. The predicted octanol–water partition coefficient (Wildman–Crippen LogP) is 0.280. The van der Waals surface area contributed by atoms with Crippen molar-refractivity contribution < 1.29 is 52.1 Å². The van der Waals surface area contributed by atoms with Gasteiger partial charge < -0.3 is 48.1 Å². The molecule has 2 aromatic carbocycles. The Morgan fingerprint density at radius 1 is 1.00 bits per heavy atom. The number of carboxylic acid groups (broad SMARTS) is 2. The van der Waals surface area contributed by atoms with Crippen molar-refractivity contribution in [1.82, 2.24) is 10.6 Å². The summed E-state index contributed by atoms with van der Waals surface area (Å²) in [5.74, 6) is -5.73. The van der Waals surface area contributed by atoms with Crippen LogP contribution in [-0.4, -0.2) is 77.7 Å². The molecule has 0 aliphatic heterocycles. The molecule has 43 heavy (non-hydrogen) atoms. The van der Waals surface area contributed by atoms with E-state index in [0.717, 1.165) is 0 Å². The average Bonchev–Trinajstić information content (AvgIpc) is 2.92. The molecule has 234 valence electrons. The molecular formula is C25H30F3N7O8. The van der Waals surface area contributed by atoms with Crippen LogP contribution in [0.2, 0.25) is 0 Å². The number of nitrogens with one attached hydrogen (secondary N) is 3. The van der Waals surface area contributed by atoms with Gasteiger partial charge in [-0.2, -0.15) is 13.2 Å². The van der Waals surface area contributed by atoms with Crippen molar-refractivity contribution in [3.05, 3.63) is 54.1 Å². The number of anilines is 1. The summed E-state index contributed by atoms with van der Waals surface area (Å²) in [5, 5.41) is 23.5. The number of hydrogen-bond donors (Lipinski definition) is 8. The molecule has 0 saturated carbocycles. The number of alkyl halides is 3. The van der Waals surface area contributed by atoms with Crippen LogP contribution >= 0.6 is 0 Å². The summed E-state index contributed by atoms with van der Waals surface area (Å²) in [6, 6.07) is 11.1. The van der Waals surface area contributed by atoms with Gasteiger partial charge in [-0.05, 0) is 55.4 Å². The normalized spacial score (nSPS) is 11.1. The number of aliphatic carboxylic acids is 2. The second-order valence-electron chi connectivity index (χ2n) is 8.29. The van der Waals surface area contributed by atoms with Crippen molar-refractivity contribution in [2.75, 3.05) is 25.0 Å². The number of guanidine groups is 1. The number of carbonyl (C=O) groups is 5. The van der Waals surface area contributed by atoms with E-state index in [4.69, 9.17) is 36.9 Å². The Kier molecular flexibility index (Phi) is 14.4. The number of halogens is 3. The summed E-state index contributed by atoms with van der Waals surface area (Å²) in [6.45, 7) is 0.456. The Bertz CT molecular complexity index is 1300. The molecule has 0 radical (unpaired) electrons. The molecule has 3 amide bonds. The first-order valence-corrected chi connectivity index (χ1v) is 12.1. The van der Waals surface area contributed by atoms with Crippen LogP contribution in [0.4, 0.5) is 24.5 Å². The van der Waals surface area contributed by atoms with Crippen molar-refractivity contribution in [2.45, 2.75) is 25.1 Å². The van der Waals surface area contributed by atoms with Gasteiger partial charge in [0.15, 0.2) is 5.96 Å². The van der Waals surface area contributed by atoms with E-state index in [-0.39, 0.29) is 11.5 Å². The van der Waals surface area contributed by atoms with Crippen LogP contribution in [-0.2, 0) is 19.2 Å². The number of rotatable bonds is 13. The average molecular weight is 614 g/mol. The summed E-state index contributed by atoms with van der Waals surface area (Å²) in [4.78, 5) is 61.2. The molecule has 0 aromatic heterocycles. The zero-order valence-electron chi connectivity index (χ0n) is 22.4. The first kappa shape index (κ1) is 35.6. The highest BCUT2D eigenvalue weighted by Crippen LogP contribution is 2.17. The Labute approximate surface area is 242 Å². The zero-order valence-corrected chi connectivity index (χ0v) is 22.4. The number of nitrogens with two attached hydrogens (primary N) is 3. The predicted molar refractivity (Wildman–Crippen MR) is 146 cm³/mol. The van der Waals surface area contributed by atoms with Gasteiger partial charge in [0, 0.05) is 11.3 Å². The van der Waals surface area contributed by atoms with Crippen molar-refractivity contribution >= 4 is 47.0 Å². The Balaban J connectivity index is 0.00000117. The standard InChI is InChI=1S/C23H29N7O6.C2HF3O2/c24-9-2-10-36-17-7-5-15(6-8-17)28-22(35)18(12-20(32)33)30-19(31)13-27-21(34)14-3-1-4-16(11-14)29-23(25)26;3-2(4,5)1(6)7/h1,3-8,11,18H,2,9-10,12-13,24H2,(H,27,34)(H,28,35)(H,30,31)(H,32,33)(H4,25,26,29);(H,6,7)/t18-;/m0./s1. The molecule has 0 fully saturated rings. The van der Waals surface area contributed by atoms with Crippen LogP contribution in [0.15, 0.2) is 53.5 Å². The van der Waals surface area contributed by atoms with Gasteiger partial charge in [0.05, 0.1) is 25.3 Å². The monoisotopic (exact) mass is 613 g/mol.